The minimum atomic E-state index is -4.87. The second kappa shape index (κ2) is 12.5. The summed E-state index contributed by atoms with van der Waals surface area (Å²) in [6.07, 6.45) is -5.62. The first-order valence-corrected chi connectivity index (χ1v) is 13.3. The van der Waals surface area contributed by atoms with Crippen molar-refractivity contribution < 1.29 is 31.8 Å². The third-order valence-corrected chi connectivity index (χ3v) is 7.12. The zero-order valence-electron chi connectivity index (χ0n) is 23.1. The number of ether oxygens (including phenoxy) is 2. The van der Waals surface area contributed by atoms with E-state index in [2.05, 4.69) is 21.2 Å². The van der Waals surface area contributed by atoms with Crippen LogP contribution in [-0.2, 0) is 24.0 Å². The van der Waals surface area contributed by atoms with Crippen molar-refractivity contribution in [2.24, 2.45) is 0 Å². The maximum absolute atomic E-state index is 14.6. The van der Waals surface area contributed by atoms with Gasteiger partial charge in [-0.05, 0) is 68.2 Å². The molecule has 1 heterocycles. The monoisotopic (exact) mass is 643 g/mol. The third kappa shape index (κ3) is 7.57. The summed E-state index contributed by atoms with van der Waals surface area (Å²) in [6, 6.07) is 8.56. The molecule has 1 amide bonds. The summed E-state index contributed by atoms with van der Waals surface area (Å²) in [6.45, 7) is 5.42. The fourth-order valence-corrected chi connectivity index (χ4v) is 4.69. The Bertz CT molecular complexity index is 1540. The molecule has 1 N–H and O–H groups in total. The first kappa shape index (κ1) is 31.9. The van der Waals surface area contributed by atoms with Crippen LogP contribution in [0.25, 0.3) is 0 Å². The van der Waals surface area contributed by atoms with Crippen LogP contribution < -0.4 is 21.3 Å². The molecule has 13 heteroatoms. The smallest absolute Gasteiger partial charge is 0.416 e. The number of rotatable bonds is 8. The number of halogens is 5. The average molecular weight is 644 g/mol. The number of alkyl carbamates (subject to hydrolysis) is 1. The predicted octanol–water partition coefficient (Wildman–Crippen LogP) is 5.95. The molecule has 3 rings (SSSR count). The normalized spacial score (nSPS) is 12.6. The van der Waals surface area contributed by atoms with E-state index in [1.54, 1.807) is 45.0 Å². The first-order valence-electron chi connectivity index (χ1n) is 12.5. The van der Waals surface area contributed by atoms with Gasteiger partial charge in [-0.15, -0.1) is 0 Å². The summed E-state index contributed by atoms with van der Waals surface area (Å²) in [5.41, 5.74) is -3.87. The Morgan fingerprint density at radius 1 is 1.05 bits per heavy atom. The SMILES string of the molecule is COc1ccccc1[C@H](CCn1c(=O)c(Br)c(C)n(Cc2c(F)cccc2C(F)(F)F)c1=O)NC(=O)OC(C)(C)C. The second-order valence-corrected chi connectivity index (χ2v) is 11.0. The van der Waals surface area contributed by atoms with Crippen molar-refractivity contribution in [2.75, 3.05) is 7.11 Å². The molecule has 0 fully saturated rings. The standard InChI is InChI=1S/C28H30BrF4N3O5/c1-16-23(29)24(37)35(26(39)36(16)15-18-19(28(31,32)33)10-8-11-20(18)30)14-13-21(34-25(38)41-27(2,3)4)17-9-6-7-12-22(17)40-5/h6-12,21H,13-15H2,1-5H3,(H,34,38)/t21-/m0/s1. The highest BCUT2D eigenvalue weighted by molar-refractivity contribution is 9.10. The van der Waals surface area contributed by atoms with Crippen LogP contribution in [0.1, 0.15) is 55.6 Å². The van der Waals surface area contributed by atoms with Gasteiger partial charge in [-0.25, -0.2) is 14.0 Å². The summed E-state index contributed by atoms with van der Waals surface area (Å²) in [7, 11) is 1.45. The number of alkyl halides is 3. The number of hydrogen-bond acceptors (Lipinski definition) is 5. The van der Waals surface area contributed by atoms with Crippen molar-refractivity contribution >= 4 is 22.0 Å². The lowest BCUT2D eigenvalue weighted by molar-refractivity contribution is -0.138. The number of amides is 1. The highest BCUT2D eigenvalue weighted by atomic mass is 79.9. The fourth-order valence-electron chi connectivity index (χ4n) is 4.26. The average Bonchev–Trinajstić information content (AvgIpc) is 2.88. The number of nitrogens with zero attached hydrogens (tertiary/aromatic N) is 2. The minimum Gasteiger partial charge on any atom is -0.496 e. The molecule has 0 aliphatic heterocycles. The Hall–Kier alpha value is -3.61. The van der Waals surface area contributed by atoms with Gasteiger partial charge in [0.1, 0.15) is 21.6 Å². The molecule has 3 aromatic rings. The maximum Gasteiger partial charge on any atom is 0.416 e. The molecule has 0 radical (unpaired) electrons. The molecule has 0 saturated carbocycles. The molecule has 1 aromatic heterocycles. The van der Waals surface area contributed by atoms with Gasteiger partial charge in [0, 0.05) is 23.4 Å². The topological polar surface area (TPSA) is 91.6 Å². The molecular weight excluding hydrogens is 614 g/mol. The fraction of sp³-hybridized carbons (Fsp3) is 0.393. The van der Waals surface area contributed by atoms with Crippen LogP contribution in [0.4, 0.5) is 22.4 Å². The van der Waals surface area contributed by atoms with Crippen LogP contribution in [0, 0.1) is 12.7 Å². The molecule has 0 saturated heterocycles. The van der Waals surface area contributed by atoms with Gasteiger partial charge in [-0.3, -0.25) is 13.9 Å². The predicted molar refractivity (Wildman–Crippen MR) is 148 cm³/mol. The van der Waals surface area contributed by atoms with Gasteiger partial charge in [0.25, 0.3) is 5.56 Å². The molecule has 41 heavy (non-hydrogen) atoms. The molecule has 0 aliphatic rings. The van der Waals surface area contributed by atoms with E-state index in [-0.39, 0.29) is 23.1 Å². The largest absolute Gasteiger partial charge is 0.496 e. The van der Waals surface area contributed by atoms with Crippen LogP contribution in [0.3, 0.4) is 0 Å². The lowest BCUT2D eigenvalue weighted by Crippen LogP contribution is -2.43. The first-order chi connectivity index (χ1) is 19.0. The van der Waals surface area contributed by atoms with Crippen LogP contribution in [-0.4, -0.2) is 27.9 Å². The van der Waals surface area contributed by atoms with E-state index in [1.807, 2.05) is 0 Å². The molecule has 0 spiro atoms. The molecule has 8 nitrogen and oxygen atoms in total. The number of hydrogen-bond donors (Lipinski definition) is 1. The molecule has 0 unspecified atom stereocenters. The van der Waals surface area contributed by atoms with Crippen molar-refractivity contribution in [1.29, 1.82) is 0 Å². The highest BCUT2D eigenvalue weighted by Gasteiger charge is 2.35. The quantitative estimate of drug-likeness (QED) is 0.306. The molecule has 2 aromatic carbocycles. The van der Waals surface area contributed by atoms with E-state index in [4.69, 9.17) is 9.47 Å². The zero-order chi connectivity index (χ0) is 30.7. The molecule has 222 valence electrons. The summed E-state index contributed by atoms with van der Waals surface area (Å²) in [4.78, 5) is 39.2. The van der Waals surface area contributed by atoms with E-state index in [0.717, 1.165) is 27.3 Å². The minimum absolute atomic E-state index is 0.00222. The van der Waals surface area contributed by atoms with Crippen molar-refractivity contribution in [3.8, 4) is 5.75 Å². The number of para-hydroxylation sites is 1. The number of methoxy groups -OCH3 is 1. The van der Waals surface area contributed by atoms with Gasteiger partial charge in [-0.2, -0.15) is 13.2 Å². The van der Waals surface area contributed by atoms with Gasteiger partial charge < -0.3 is 14.8 Å². The van der Waals surface area contributed by atoms with E-state index in [1.165, 1.54) is 14.0 Å². The van der Waals surface area contributed by atoms with Gasteiger partial charge in [0.15, 0.2) is 0 Å². The molecule has 0 aliphatic carbocycles. The highest BCUT2D eigenvalue weighted by Crippen LogP contribution is 2.33. The zero-order valence-corrected chi connectivity index (χ0v) is 24.7. The van der Waals surface area contributed by atoms with Gasteiger partial charge in [0.05, 0.1) is 25.3 Å². The Morgan fingerprint density at radius 2 is 1.71 bits per heavy atom. The van der Waals surface area contributed by atoms with Gasteiger partial charge >= 0.3 is 18.0 Å². The maximum atomic E-state index is 14.6. The summed E-state index contributed by atoms with van der Waals surface area (Å²) in [5.74, 6) is -0.708. The second-order valence-electron chi connectivity index (χ2n) is 10.2. The molecule has 1 atom stereocenters. The number of aromatic nitrogens is 2. The Morgan fingerprint density at radius 3 is 2.32 bits per heavy atom. The number of nitrogens with one attached hydrogen (secondary N) is 1. The summed E-state index contributed by atoms with van der Waals surface area (Å²) >= 11 is 3.13. The van der Waals surface area contributed by atoms with Gasteiger partial charge in [-0.1, -0.05) is 24.3 Å². The van der Waals surface area contributed by atoms with Crippen molar-refractivity contribution in [3.63, 3.8) is 0 Å². The van der Waals surface area contributed by atoms with E-state index < -0.39 is 58.7 Å². The third-order valence-electron chi connectivity index (χ3n) is 6.20. The molecular formula is C28H30BrF4N3O5. The Labute approximate surface area is 242 Å². The Kier molecular flexibility index (Phi) is 9.73. The lowest BCUT2D eigenvalue weighted by atomic mass is 10.0. The van der Waals surface area contributed by atoms with Crippen molar-refractivity contribution in [2.45, 2.75) is 65.0 Å². The van der Waals surface area contributed by atoms with Crippen LogP contribution in [0.15, 0.2) is 56.5 Å². The lowest BCUT2D eigenvalue weighted by Gasteiger charge is -2.25. The van der Waals surface area contributed by atoms with Gasteiger partial charge in [0.2, 0.25) is 0 Å². The van der Waals surface area contributed by atoms with Crippen LogP contribution in [0.2, 0.25) is 0 Å². The van der Waals surface area contributed by atoms with Crippen LogP contribution >= 0.6 is 15.9 Å². The summed E-state index contributed by atoms with van der Waals surface area (Å²) < 4.78 is 67.9. The van der Waals surface area contributed by atoms with E-state index >= 15 is 0 Å². The number of carbonyl (C=O) groups excluding carboxylic acids is 1. The number of benzene rings is 2. The summed E-state index contributed by atoms with van der Waals surface area (Å²) in [5, 5.41) is 2.73. The molecule has 0 bridgehead atoms. The number of carbonyl (C=O) groups is 1. The van der Waals surface area contributed by atoms with Crippen LogP contribution in [0.5, 0.6) is 5.75 Å². The Balaban J connectivity index is 2.05. The van der Waals surface area contributed by atoms with Crippen molar-refractivity contribution in [1.82, 2.24) is 14.5 Å². The van der Waals surface area contributed by atoms with E-state index in [0.29, 0.717) is 11.3 Å². The van der Waals surface area contributed by atoms with E-state index in [9.17, 15) is 31.9 Å². The van der Waals surface area contributed by atoms with Crippen molar-refractivity contribution in [3.05, 3.63) is 96.0 Å².